The van der Waals surface area contributed by atoms with E-state index in [4.69, 9.17) is 16.3 Å². The molecule has 2 nitrogen and oxygen atoms in total. The number of hydrogen-bond donors (Lipinski definition) is 1. The van der Waals surface area contributed by atoms with Crippen molar-refractivity contribution in [3.8, 4) is 5.75 Å². The highest BCUT2D eigenvalue weighted by Crippen LogP contribution is 2.46. The summed E-state index contributed by atoms with van der Waals surface area (Å²) in [6.45, 7) is 0. The molecule has 4 rings (SSSR count). The zero-order valence-corrected chi connectivity index (χ0v) is 11.7. The van der Waals surface area contributed by atoms with Crippen molar-refractivity contribution in [2.24, 2.45) is 0 Å². The fourth-order valence-electron chi connectivity index (χ4n) is 3.49. The van der Waals surface area contributed by atoms with Gasteiger partial charge in [0.1, 0.15) is 11.4 Å². The van der Waals surface area contributed by atoms with Gasteiger partial charge in [0, 0.05) is 29.8 Å². The second-order valence-electron chi connectivity index (χ2n) is 5.81. The first kappa shape index (κ1) is 12.2. The van der Waals surface area contributed by atoms with Crippen LogP contribution in [0.4, 0.5) is 0 Å². The molecule has 0 unspecified atom stereocenters. The fourth-order valence-corrected chi connectivity index (χ4v) is 3.67. The minimum atomic E-state index is -0.508. The minimum Gasteiger partial charge on any atom is -0.486 e. The number of benzene rings is 2. The number of fused-ring (bicyclic) bond motifs is 2. The summed E-state index contributed by atoms with van der Waals surface area (Å²) < 4.78 is 6.27. The highest BCUT2D eigenvalue weighted by Gasteiger charge is 2.44. The van der Waals surface area contributed by atoms with E-state index in [0.717, 1.165) is 24.2 Å². The van der Waals surface area contributed by atoms with Gasteiger partial charge in [-0.2, -0.15) is 0 Å². The quantitative estimate of drug-likeness (QED) is 0.800. The zero-order chi connectivity index (χ0) is 13.7. The Morgan fingerprint density at radius 3 is 2.50 bits per heavy atom. The van der Waals surface area contributed by atoms with Crippen molar-refractivity contribution in [1.82, 2.24) is 0 Å². The molecule has 0 saturated heterocycles. The summed E-state index contributed by atoms with van der Waals surface area (Å²) in [5.41, 5.74) is 3.16. The van der Waals surface area contributed by atoms with Crippen molar-refractivity contribution < 1.29 is 9.84 Å². The molecule has 2 aromatic rings. The van der Waals surface area contributed by atoms with Crippen LogP contribution in [0.25, 0.3) is 0 Å². The fraction of sp³-hybridized carbons (Fsp3) is 0.294. The van der Waals surface area contributed by atoms with Gasteiger partial charge in [0.15, 0.2) is 0 Å². The molecule has 1 heterocycles. The van der Waals surface area contributed by atoms with Gasteiger partial charge in [-0.15, -0.1) is 0 Å². The lowest BCUT2D eigenvalue weighted by atomic mass is 9.86. The number of hydrogen-bond acceptors (Lipinski definition) is 2. The third-order valence-electron chi connectivity index (χ3n) is 4.37. The molecule has 3 heteroatoms. The lowest BCUT2D eigenvalue weighted by molar-refractivity contribution is -0.00702. The smallest absolute Gasteiger partial charge is 0.126 e. The highest BCUT2D eigenvalue weighted by atomic mass is 35.5. The Kier molecular flexibility index (Phi) is 2.60. The van der Waals surface area contributed by atoms with Crippen LogP contribution < -0.4 is 4.74 Å². The summed E-state index contributed by atoms with van der Waals surface area (Å²) in [6, 6.07) is 13.9. The molecule has 0 aromatic heterocycles. The topological polar surface area (TPSA) is 29.5 Å². The van der Waals surface area contributed by atoms with Gasteiger partial charge in [0.25, 0.3) is 0 Å². The molecule has 0 fully saturated rings. The van der Waals surface area contributed by atoms with E-state index < -0.39 is 6.10 Å². The van der Waals surface area contributed by atoms with Crippen molar-refractivity contribution in [3.05, 3.63) is 64.2 Å². The molecule has 102 valence electrons. The predicted molar refractivity (Wildman–Crippen MR) is 78.2 cm³/mol. The Labute approximate surface area is 123 Å². The molecule has 2 aliphatic rings. The first-order valence-electron chi connectivity index (χ1n) is 6.89. The number of ether oxygens (including phenoxy) is 1. The van der Waals surface area contributed by atoms with Crippen molar-refractivity contribution in [2.75, 3.05) is 0 Å². The second-order valence-corrected chi connectivity index (χ2v) is 6.25. The van der Waals surface area contributed by atoms with E-state index in [1.807, 2.05) is 12.1 Å². The van der Waals surface area contributed by atoms with Crippen LogP contribution in [-0.4, -0.2) is 10.7 Å². The molecule has 20 heavy (non-hydrogen) atoms. The second kappa shape index (κ2) is 4.24. The number of halogens is 1. The first-order chi connectivity index (χ1) is 9.65. The number of aliphatic hydroxyl groups is 1. The van der Waals surface area contributed by atoms with Crippen LogP contribution in [0.3, 0.4) is 0 Å². The van der Waals surface area contributed by atoms with E-state index in [0.29, 0.717) is 11.4 Å². The average molecular weight is 287 g/mol. The third kappa shape index (κ3) is 1.83. The van der Waals surface area contributed by atoms with E-state index in [1.54, 1.807) is 6.07 Å². The van der Waals surface area contributed by atoms with E-state index in [9.17, 15) is 5.11 Å². The van der Waals surface area contributed by atoms with E-state index in [2.05, 4.69) is 24.3 Å². The van der Waals surface area contributed by atoms with E-state index in [1.165, 1.54) is 11.1 Å². The number of aliphatic hydroxyl groups excluding tert-OH is 1. The number of rotatable bonds is 0. The Hall–Kier alpha value is -1.51. The van der Waals surface area contributed by atoms with Crippen LogP contribution in [0, 0.1) is 0 Å². The molecule has 1 spiro atoms. The Bertz CT molecular complexity index is 655. The molecular weight excluding hydrogens is 272 g/mol. The Morgan fingerprint density at radius 2 is 1.80 bits per heavy atom. The first-order valence-corrected chi connectivity index (χ1v) is 7.26. The molecule has 0 saturated carbocycles. The van der Waals surface area contributed by atoms with E-state index >= 15 is 0 Å². The van der Waals surface area contributed by atoms with Gasteiger partial charge in [-0.3, -0.25) is 0 Å². The molecular formula is C17H15ClO2. The van der Waals surface area contributed by atoms with Crippen LogP contribution in [0.5, 0.6) is 5.75 Å². The average Bonchev–Trinajstić information content (AvgIpc) is 2.77. The SMILES string of the molecule is O[C@H]1CC2(Cc3ccccc3C2)Oc2ccc(Cl)cc21. The summed E-state index contributed by atoms with van der Waals surface area (Å²) in [5, 5.41) is 11.1. The lowest BCUT2D eigenvalue weighted by Gasteiger charge is -2.38. The van der Waals surface area contributed by atoms with Gasteiger partial charge in [0.2, 0.25) is 0 Å². The molecule has 0 amide bonds. The largest absolute Gasteiger partial charge is 0.486 e. The molecule has 1 N–H and O–H groups in total. The molecule has 1 atom stereocenters. The molecule has 1 aliphatic carbocycles. The molecule has 0 radical (unpaired) electrons. The van der Waals surface area contributed by atoms with Crippen molar-refractivity contribution >= 4 is 11.6 Å². The van der Waals surface area contributed by atoms with Gasteiger partial charge in [-0.05, 0) is 29.3 Å². The summed E-state index contributed by atoms with van der Waals surface area (Å²) in [4.78, 5) is 0. The van der Waals surface area contributed by atoms with Gasteiger partial charge in [-0.1, -0.05) is 35.9 Å². The summed E-state index contributed by atoms with van der Waals surface area (Å²) in [5.74, 6) is 0.765. The minimum absolute atomic E-state index is 0.302. The van der Waals surface area contributed by atoms with Crippen LogP contribution in [-0.2, 0) is 12.8 Å². The summed E-state index contributed by atoms with van der Waals surface area (Å²) in [6.07, 6.45) is 1.84. The Morgan fingerprint density at radius 1 is 1.10 bits per heavy atom. The van der Waals surface area contributed by atoms with Crippen LogP contribution >= 0.6 is 11.6 Å². The molecule has 1 aliphatic heterocycles. The monoisotopic (exact) mass is 286 g/mol. The van der Waals surface area contributed by atoms with Crippen LogP contribution in [0.15, 0.2) is 42.5 Å². The highest BCUT2D eigenvalue weighted by molar-refractivity contribution is 6.30. The van der Waals surface area contributed by atoms with Crippen molar-refractivity contribution in [2.45, 2.75) is 31.0 Å². The lowest BCUT2D eigenvalue weighted by Crippen LogP contribution is -2.42. The van der Waals surface area contributed by atoms with Crippen molar-refractivity contribution in [3.63, 3.8) is 0 Å². The van der Waals surface area contributed by atoms with Gasteiger partial charge >= 0.3 is 0 Å². The van der Waals surface area contributed by atoms with Gasteiger partial charge < -0.3 is 9.84 Å². The molecule has 0 bridgehead atoms. The zero-order valence-electron chi connectivity index (χ0n) is 11.0. The van der Waals surface area contributed by atoms with Crippen LogP contribution in [0.2, 0.25) is 5.02 Å². The maximum atomic E-state index is 10.5. The maximum absolute atomic E-state index is 10.5. The standard InChI is InChI=1S/C17H15ClO2/c18-13-5-6-16-14(7-13)15(19)10-17(20-16)8-11-3-1-2-4-12(11)9-17/h1-7,15,19H,8-10H2/t15-/m0/s1. The summed E-state index contributed by atoms with van der Waals surface area (Å²) >= 11 is 6.00. The predicted octanol–water partition coefficient (Wildman–Crippen LogP) is 3.69. The van der Waals surface area contributed by atoms with Gasteiger partial charge in [-0.25, -0.2) is 0 Å². The Balaban J connectivity index is 1.73. The van der Waals surface area contributed by atoms with E-state index in [-0.39, 0.29) is 5.60 Å². The summed E-state index contributed by atoms with van der Waals surface area (Å²) in [7, 11) is 0. The van der Waals surface area contributed by atoms with Crippen molar-refractivity contribution in [1.29, 1.82) is 0 Å². The van der Waals surface area contributed by atoms with Gasteiger partial charge in [0.05, 0.1) is 6.10 Å². The maximum Gasteiger partial charge on any atom is 0.126 e. The third-order valence-corrected chi connectivity index (χ3v) is 4.60. The normalized spacial score (nSPS) is 22.2. The van der Waals surface area contributed by atoms with Crippen LogP contribution in [0.1, 0.15) is 29.2 Å². The molecule has 2 aromatic carbocycles.